The van der Waals surface area contributed by atoms with Crippen molar-refractivity contribution < 1.29 is 14.6 Å². The second-order valence-electron chi connectivity index (χ2n) is 2.78. The molecule has 0 saturated heterocycles. The van der Waals surface area contributed by atoms with Gasteiger partial charge in [0.1, 0.15) is 12.5 Å². The van der Waals surface area contributed by atoms with Crippen molar-refractivity contribution in [1.82, 2.24) is 0 Å². The highest BCUT2D eigenvalue weighted by atomic mass is 16.7. The first-order valence-corrected chi connectivity index (χ1v) is 4.06. The van der Waals surface area contributed by atoms with Gasteiger partial charge in [-0.05, 0) is 5.56 Å². The number of hydrogen-bond donors (Lipinski definition) is 1. The lowest BCUT2D eigenvalue weighted by molar-refractivity contribution is -0.0246. The molecule has 0 amide bonds. The lowest BCUT2D eigenvalue weighted by Gasteiger charge is -2.10. The summed E-state index contributed by atoms with van der Waals surface area (Å²) in [7, 11) is 0. The molecule has 0 fully saturated rings. The van der Waals surface area contributed by atoms with Crippen LogP contribution in [0.4, 0.5) is 0 Å². The SMILES string of the molecule is OCc1ccc(C2OC=CO2)cc1. The molecule has 13 heavy (non-hydrogen) atoms. The summed E-state index contributed by atoms with van der Waals surface area (Å²) in [5.74, 6) is 0. The molecule has 0 aliphatic carbocycles. The summed E-state index contributed by atoms with van der Waals surface area (Å²) in [6.45, 7) is 0.0604. The minimum Gasteiger partial charge on any atom is -0.455 e. The summed E-state index contributed by atoms with van der Waals surface area (Å²) in [6, 6.07) is 7.45. The van der Waals surface area contributed by atoms with E-state index >= 15 is 0 Å². The predicted octanol–water partition coefficient (Wildman–Crippen LogP) is 1.70. The van der Waals surface area contributed by atoms with Crippen LogP contribution in [-0.2, 0) is 16.1 Å². The molecule has 1 aromatic rings. The van der Waals surface area contributed by atoms with Gasteiger partial charge in [0.05, 0.1) is 6.61 Å². The van der Waals surface area contributed by atoms with Crippen molar-refractivity contribution in [1.29, 1.82) is 0 Å². The van der Waals surface area contributed by atoms with E-state index in [-0.39, 0.29) is 12.9 Å². The third-order valence-electron chi connectivity index (χ3n) is 1.89. The Balaban J connectivity index is 2.13. The van der Waals surface area contributed by atoms with E-state index in [1.807, 2.05) is 24.3 Å². The zero-order chi connectivity index (χ0) is 9.10. The first-order valence-electron chi connectivity index (χ1n) is 4.06. The quantitative estimate of drug-likeness (QED) is 0.749. The van der Waals surface area contributed by atoms with Gasteiger partial charge in [-0.3, -0.25) is 0 Å². The van der Waals surface area contributed by atoms with Crippen molar-refractivity contribution in [3.05, 3.63) is 47.9 Å². The molecule has 2 rings (SSSR count). The van der Waals surface area contributed by atoms with Gasteiger partial charge in [-0.2, -0.15) is 0 Å². The van der Waals surface area contributed by atoms with E-state index in [0.717, 1.165) is 11.1 Å². The molecule has 0 saturated carbocycles. The van der Waals surface area contributed by atoms with E-state index in [1.54, 1.807) is 0 Å². The molecule has 0 radical (unpaired) electrons. The first-order chi connectivity index (χ1) is 6.40. The number of aliphatic hydroxyl groups is 1. The highest BCUT2D eigenvalue weighted by Crippen LogP contribution is 2.23. The van der Waals surface area contributed by atoms with E-state index in [2.05, 4.69) is 0 Å². The van der Waals surface area contributed by atoms with Crippen LogP contribution in [0, 0.1) is 0 Å². The zero-order valence-corrected chi connectivity index (χ0v) is 7.01. The summed E-state index contributed by atoms with van der Waals surface area (Å²) in [4.78, 5) is 0. The Morgan fingerprint density at radius 2 is 1.69 bits per heavy atom. The highest BCUT2D eigenvalue weighted by Gasteiger charge is 2.14. The number of ether oxygens (including phenoxy) is 2. The lowest BCUT2D eigenvalue weighted by atomic mass is 10.1. The van der Waals surface area contributed by atoms with Crippen LogP contribution in [0.3, 0.4) is 0 Å². The van der Waals surface area contributed by atoms with Crippen LogP contribution in [-0.4, -0.2) is 5.11 Å². The van der Waals surface area contributed by atoms with Crippen molar-refractivity contribution in [3.8, 4) is 0 Å². The maximum atomic E-state index is 8.82. The fraction of sp³-hybridized carbons (Fsp3) is 0.200. The van der Waals surface area contributed by atoms with Gasteiger partial charge < -0.3 is 14.6 Å². The molecular weight excluding hydrogens is 168 g/mol. The Bertz CT molecular complexity index is 294. The van der Waals surface area contributed by atoms with Gasteiger partial charge in [0, 0.05) is 5.56 Å². The van der Waals surface area contributed by atoms with Crippen LogP contribution < -0.4 is 0 Å². The molecule has 3 nitrogen and oxygen atoms in total. The second kappa shape index (κ2) is 3.49. The maximum absolute atomic E-state index is 8.82. The fourth-order valence-corrected chi connectivity index (χ4v) is 1.18. The molecule has 0 spiro atoms. The minimum absolute atomic E-state index is 0.0604. The lowest BCUT2D eigenvalue weighted by Crippen LogP contribution is -1.97. The normalized spacial score (nSPS) is 15.5. The number of hydrogen-bond acceptors (Lipinski definition) is 3. The standard InChI is InChI=1S/C10H10O3/c11-7-8-1-3-9(4-2-8)10-12-5-6-13-10/h1-6,10-11H,7H2. The summed E-state index contributed by atoms with van der Waals surface area (Å²) >= 11 is 0. The molecule has 68 valence electrons. The van der Waals surface area contributed by atoms with Crippen LogP contribution in [0.1, 0.15) is 17.4 Å². The van der Waals surface area contributed by atoms with Crippen molar-refractivity contribution in [3.63, 3.8) is 0 Å². The van der Waals surface area contributed by atoms with Crippen LogP contribution in [0.2, 0.25) is 0 Å². The summed E-state index contributed by atoms with van der Waals surface area (Å²) < 4.78 is 10.3. The maximum Gasteiger partial charge on any atom is 0.266 e. The number of aliphatic hydroxyl groups excluding tert-OH is 1. The molecule has 1 aromatic carbocycles. The highest BCUT2D eigenvalue weighted by molar-refractivity contribution is 5.23. The Morgan fingerprint density at radius 1 is 1.08 bits per heavy atom. The summed E-state index contributed by atoms with van der Waals surface area (Å²) in [6.07, 6.45) is 2.71. The van der Waals surface area contributed by atoms with Crippen molar-refractivity contribution >= 4 is 0 Å². The molecule has 3 heteroatoms. The third kappa shape index (κ3) is 1.65. The van der Waals surface area contributed by atoms with Crippen LogP contribution in [0.15, 0.2) is 36.8 Å². The van der Waals surface area contributed by atoms with Gasteiger partial charge in [0.15, 0.2) is 0 Å². The smallest absolute Gasteiger partial charge is 0.266 e. The molecule has 0 bridgehead atoms. The Morgan fingerprint density at radius 3 is 2.23 bits per heavy atom. The average molecular weight is 178 g/mol. The van der Waals surface area contributed by atoms with E-state index in [0.29, 0.717) is 0 Å². The molecule has 1 N–H and O–H groups in total. The van der Waals surface area contributed by atoms with Crippen LogP contribution in [0.5, 0.6) is 0 Å². The summed E-state index contributed by atoms with van der Waals surface area (Å²) in [5, 5.41) is 8.82. The van der Waals surface area contributed by atoms with E-state index < -0.39 is 0 Å². The van der Waals surface area contributed by atoms with Gasteiger partial charge in [0.25, 0.3) is 6.29 Å². The van der Waals surface area contributed by atoms with Crippen molar-refractivity contribution in [2.24, 2.45) is 0 Å². The van der Waals surface area contributed by atoms with Gasteiger partial charge in [-0.25, -0.2) is 0 Å². The molecule has 1 heterocycles. The fourth-order valence-electron chi connectivity index (χ4n) is 1.18. The average Bonchev–Trinajstić information content (AvgIpc) is 2.71. The molecule has 0 aromatic heterocycles. The molecule has 0 atom stereocenters. The van der Waals surface area contributed by atoms with Gasteiger partial charge in [-0.1, -0.05) is 24.3 Å². The van der Waals surface area contributed by atoms with E-state index in [4.69, 9.17) is 14.6 Å². The molecule has 1 aliphatic heterocycles. The topological polar surface area (TPSA) is 38.7 Å². The second-order valence-corrected chi connectivity index (χ2v) is 2.78. The molecule has 1 aliphatic rings. The van der Waals surface area contributed by atoms with Crippen molar-refractivity contribution in [2.75, 3.05) is 0 Å². The largest absolute Gasteiger partial charge is 0.455 e. The monoisotopic (exact) mass is 178 g/mol. The minimum atomic E-state index is -0.326. The van der Waals surface area contributed by atoms with Gasteiger partial charge >= 0.3 is 0 Å². The molecule has 0 unspecified atom stereocenters. The van der Waals surface area contributed by atoms with Crippen molar-refractivity contribution in [2.45, 2.75) is 12.9 Å². The Hall–Kier alpha value is -1.48. The molecular formula is C10H10O3. The Kier molecular flexibility index (Phi) is 2.19. The van der Waals surface area contributed by atoms with E-state index in [9.17, 15) is 0 Å². The third-order valence-corrected chi connectivity index (χ3v) is 1.89. The zero-order valence-electron chi connectivity index (χ0n) is 7.01. The van der Waals surface area contributed by atoms with Crippen LogP contribution in [0.25, 0.3) is 0 Å². The van der Waals surface area contributed by atoms with E-state index in [1.165, 1.54) is 12.5 Å². The number of benzene rings is 1. The number of rotatable bonds is 2. The predicted molar refractivity (Wildman–Crippen MR) is 46.4 cm³/mol. The summed E-state index contributed by atoms with van der Waals surface area (Å²) in [5.41, 5.74) is 1.83. The Labute approximate surface area is 76.2 Å². The van der Waals surface area contributed by atoms with Gasteiger partial charge in [0.2, 0.25) is 0 Å². The van der Waals surface area contributed by atoms with Crippen LogP contribution >= 0.6 is 0 Å². The van der Waals surface area contributed by atoms with Gasteiger partial charge in [-0.15, -0.1) is 0 Å². The first kappa shape index (κ1) is 8.13.